The van der Waals surface area contributed by atoms with Crippen molar-refractivity contribution < 1.29 is 9.90 Å². The largest absolute Gasteiger partial charge is 0.396 e. The first-order chi connectivity index (χ1) is 10.8. The van der Waals surface area contributed by atoms with E-state index in [1.807, 2.05) is 11.0 Å². The van der Waals surface area contributed by atoms with E-state index in [4.69, 9.17) is 0 Å². The van der Waals surface area contributed by atoms with Gasteiger partial charge in [0.1, 0.15) is 0 Å². The number of likely N-dealkylation sites (tertiary alicyclic amines) is 1. The predicted octanol–water partition coefficient (Wildman–Crippen LogP) is 3.50. The molecule has 1 aromatic rings. The molecular formula is C19H30N2O2. The summed E-state index contributed by atoms with van der Waals surface area (Å²) in [5.74, 6) is 0.210. The standard InChI is InChI=1S/C19H30N2O2/c1-14-7-5-9-16(11-14)17(19(2,3)4)20-18(23)21-10-6-8-15(12-21)13-22/h5,7,9,11,15,17,22H,6,8,10,12-13H2,1-4H3,(H,20,23). The topological polar surface area (TPSA) is 52.6 Å². The fourth-order valence-electron chi connectivity index (χ4n) is 3.26. The molecule has 1 aliphatic rings. The van der Waals surface area contributed by atoms with E-state index in [9.17, 15) is 9.90 Å². The Bertz CT molecular complexity index is 536. The Hall–Kier alpha value is -1.55. The number of urea groups is 1. The molecule has 1 heterocycles. The Morgan fingerprint density at radius 3 is 2.78 bits per heavy atom. The molecule has 0 aliphatic carbocycles. The maximum Gasteiger partial charge on any atom is 0.317 e. The van der Waals surface area contributed by atoms with Crippen LogP contribution >= 0.6 is 0 Å². The molecular weight excluding hydrogens is 288 g/mol. The highest BCUT2D eigenvalue weighted by molar-refractivity contribution is 5.75. The molecule has 2 amide bonds. The number of nitrogens with zero attached hydrogens (tertiary/aromatic N) is 1. The molecule has 4 heteroatoms. The van der Waals surface area contributed by atoms with E-state index in [1.165, 1.54) is 5.56 Å². The SMILES string of the molecule is Cc1cccc(C(NC(=O)N2CCCC(CO)C2)C(C)(C)C)c1. The monoisotopic (exact) mass is 318 g/mol. The molecule has 2 N–H and O–H groups in total. The van der Waals surface area contributed by atoms with Gasteiger partial charge in [0.2, 0.25) is 0 Å². The number of benzene rings is 1. The van der Waals surface area contributed by atoms with Crippen LogP contribution in [0.4, 0.5) is 4.79 Å². The predicted molar refractivity (Wildman–Crippen MR) is 93.3 cm³/mol. The molecule has 2 atom stereocenters. The zero-order valence-corrected chi connectivity index (χ0v) is 14.8. The lowest BCUT2D eigenvalue weighted by atomic mass is 9.82. The fraction of sp³-hybridized carbons (Fsp3) is 0.632. The molecule has 0 aromatic heterocycles. The molecule has 23 heavy (non-hydrogen) atoms. The Morgan fingerprint density at radius 1 is 1.43 bits per heavy atom. The van der Waals surface area contributed by atoms with E-state index in [0.29, 0.717) is 6.54 Å². The minimum absolute atomic E-state index is 0.0235. The van der Waals surface area contributed by atoms with Gasteiger partial charge >= 0.3 is 6.03 Å². The zero-order chi connectivity index (χ0) is 17.0. The second-order valence-electron chi connectivity index (χ2n) is 7.80. The third-order valence-electron chi connectivity index (χ3n) is 4.57. The molecule has 1 saturated heterocycles. The summed E-state index contributed by atoms with van der Waals surface area (Å²) >= 11 is 0. The van der Waals surface area contributed by atoms with Crippen LogP contribution in [0.1, 0.15) is 50.8 Å². The first-order valence-corrected chi connectivity index (χ1v) is 8.54. The number of nitrogens with one attached hydrogen (secondary N) is 1. The van der Waals surface area contributed by atoms with Crippen LogP contribution in [-0.2, 0) is 0 Å². The van der Waals surface area contributed by atoms with Crippen molar-refractivity contribution in [1.82, 2.24) is 10.2 Å². The van der Waals surface area contributed by atoms with Crippen molar-refractivity contribution in [3.63, 3.8) is 0 Å². The van der Waals surface area contributed by atoms with Crippen molar-refractivity contribution in [1.29, 1.82) is 0 Å². The summed E-state index contributed by atoms with van der Waals surface area (Å²) in [4.78, 5) is 14.6. The minimum atomic E-state index is -0.0738. The summed E-state index contributed by atoms with van der Waals surface area (Å²) in [5.41, 5.74) is 2.26. The molecule has 128 valence electrons. The molecule has 0 bridgehead atoms. The second kappa shape index (κ2) is 7.35. The van der Waals surface area contributed by atoms with E-state index in [0.717, 1.165) is 24.9 Å². The molecule has 1 aliphatic heterocycles. The van der Waals surface area contributed by atoms with Crippen LogP contribution in [0.5, 0.6) is 0 Å². The lowest BCUT2D eigenvalue weighted by molar-refractivity contribution is 0.123. The van der Waals surface area contributed by atoms with Crippen LogP contribution in [0.3, 0.4) is 0 Å². The van der Waals surface area contributed by atoms with Gasteiger partial charge in [0.05, 0.1) is 6.04 Å². The van der Waals surface area contributed by atoms with Crippen LogP contribution in [0.2, 0.25) is 0 Å². The van der Waals surface area contributed by atoms with Crippen molar-refractivity contribution in [3.8, 4) is 0 Å². The average molecular weight is 318 g/mol. The number of aliphatic hydroxyl groups excluding tert-OH is 1. The molecule has 2 rings (SSSR count). The number of carbonyl (C=O) groups is 1. The van der Waals surface area contributed by atoms with Crippen LogP contribution in [-0.4, -0.2) is 35.7 Å². The molecule has 0 spiro atoms. The van der Waals surface area contributed by atoms with E-state index in [1.54, 1.807) is 0 Å². The molecule has 2 unspecified atom stereocenters. The minimum Gasteiger partial charge on any atom is -0.396 e. The zero-order valence-electron chi connectivity index (χ0n) is 14.8. The average Bonchev–Trinajstić information content (AvgIpc) is 2.51. The number of aryl methyl sites for hydroxylation is 1. The van der Waals surface area contributed by atoms with Crippen molar-refractivity contribution in [2.45, 2.75) is 46.6 Å². The van der Waals surface area contributed by atoms with Crippen molar-refractivity contribution in [2.75, 3.05) is 19.7 Å². The molecule has 1 aromatic carbocycles. The number of hydrogen-bond donors (Lipinski definition) is 2. The molecule has 0 saturated carbocycles. The van der Waals surface area contributed by atoms with Crippen LogP contribution < -0.4 is 5.32 Å². The maximum absolute atomic E-state index is 12.7. The lowest BCUT2D eigenvalue weighted by Gasteiger charge is -2.37. The highest BCUT2D eigenvalue weighted by atomic mass is 16.3. The van der Waals surface area contributed by atoms with Gasteiger partial charge in [0.15, 0.2) is 0 Å². The number of piperidine rings is 1. The number of carbonyl (C=O) groups excluding carboxylic acids is 1. The van der Waals surface area contributed by atoms with Crippen molar-refractivity contribution in [2.24, 2.45) is 11.3 Å². The number of aliphatic hydroxyl groups is 1. The van der Waals surface area contributed by atoms with E-state index in [-0.39, 0.29) is 30.0 Å². The lowest BCUT2D eigenvalue weighted by Crippen LogP contribution is -2.49. The molecule has 4 nitrogen and oxygen atoms in total. The van der Waals surface area contributed by atoms with Gasteiger partial charge in [-0.1, -0.05) is 50.6 Å². The van der Waals surface area contributed by atoms with Gasteiger partial charge in [-0.25, -0.2) is 4.79 Å². The van der Waals surface area contributed by atoms with Crippen molar-refractivity contribution in [3.05, 3.63) is 35.4 Å². The van der Waals surface area contributed by atoms with Crippen LogP contribution in [0.15, 0.2) is 24.3 Å². The van der Waals surface area contributed by atoms with Gasteiger partial charge in [-0.05, 0) is 36.7 Å². The highest BCUT2D eigenvalue weighted by Crippen LogP contribution is 2.33. The summed E-state index contributed by atoms with van der Waals surface area (Å²) in [7, 11) is 0. The van der Waals surface area contributed by atoms with E-state index >= 15 is 0 Å². The van der Waals surface area contributed by atoms with Gasteiger partial charge in [-0.15, -0.1) is 0 Å². The third-order valence-corrected chi connectivity index (χ3v) is 4.57. The first kappa shape index (κ1) is 17.8. The smallest absolute Gasteiger partial charge is 0.317 e. The third kappa shape index (κ3) is 4.71. The van der Waals surface area contributed by atoms with Gasteiger partial charge in [0, 0.05) is 19.7 Å². The van der Waals surface area contributed by atoms with Crippen LogP contribution in [0, 0.1) is 18.3 Å². The summed E-state index contributed by atoms with van der Waals surface area (Å²) in [6, 6.07) is 8.27. The summed E-state index contributed by atoms with van der Waals surface area (Å²) in [6.45, 7) is 10.1. The van der Waals surface area contributed by atoms with Gasteiger partial charge in [0.25, 0.3) is 0 Å². The van der Waals surface area contributed by atoms with Gasteiger partial charge in [-0.2, -0.15) is 0 Å². The second-order valence-corrected chi connectivity index (χ2v) is 7.80. The Balaban J connectivity index is 2.13. The summed E-state index contributed by atoms with van der Waals surface area (Å²) < 4.78 is 0. The Kier molecular flexibility index (Phi) is 5.69. The number of rotatable bonds is 3. The Labute approximate surface area is 139 Å². The van der Waals surface area contributed by atoms with Crippen LogP contribution in [0.25, 0.3) is 0 Å². The molecule has 1 fully saturated rings. The fourth-order valence-corrected chi connectivity index (χ4v) is 3.26. The first-order valence-electron chi connectivity index (χ1n) is 8.54. The number of hydrogen-bond acceptors (Lipinski definition) is 2. The quantitative estimate of drug-likeness (QED) is 0.896. The number of amides is 2. The van der Waals surface area contributed by atoms with E-state index < -0.39 is 0 Å². The van der Waals surface area contributed by atoms with E-state index in [2.05, 4.69) is 51.2 Å². The Morgan fingerprint density at radius 2 is 2.17 bits per heavy atom. The van der Waals surface area contributed by atoms with Gasteiger partial charge < -0.3 is 15.3 Å². The van der Waals surface area contributed by atoms with Gasteiger partial charge in [-0.3, -0.25) is 0 Å². The highest BCUT2D eigenvalue weighted by Gasteiger charge is 2.31. The molecule has 0 radical (unpaired) electrons. The normalized spacial score (nSPS) is 20.2. The van der Waals surface area contributed by atoms with Crippen molar-refractivity contribution >= 4 is 6.03 Å². The summed E-state index contributed by atoms with van der Waals surface area (Å²) in [5, 5.41) is 12.6. The summed E-state index contributed by atoms with van der Waals surface area (Å²) in [6.07, 6.45) is 1.96. The maximum atomic E-state index is 12.7.